The summed E-state index contributed by atoms with van der Waals surface area (Å²) in [4.78, 5) is 19.0. The van der Waals surface area contributed by atoms with E-state index in [1.54, 1.807) is 0 Å². The molecule has 0 bridgehead atoms. The number of hydrogen-bond acceptors (Lipinski definition) is 3. The molecular formula is C26H29N3O2. The van der Waals surface area contributed by atoms with E-state index in [-0.39, 0.29) is 24.0 Å². The van der Waals surface area contributed by atoms with E-state index in [4.69, 9.17) is 0 Å². The summed E-state index contributed by atoms with van der Waals surface area (Å²) in [6.07, 6.45) is 6.24. The molecule has 160 valence electrons. The molecule has 2 aliphatic rings. The Bertz CT molecular complexity index is 1060. The Hall–Kier alpha value is -2.92. The van der Waals surface area contributed by atoms with Gasteiger partial charge in [-0.2, -0.15) is 0 Å². The van der Waals surface area contributed by atoms with Crippen molar-refractivity contribution in [3.05, 3.63) is 77.7 Å². The molecule has 5 heteroatoms. The Morgan fingerprint density at radius 2 is 1.87 bits per heavy atom. The molecule has 5 nitrogen and oxygen atoms in total. The van der Waals surface area contributed by atoms with Gasteiger partial charge in [0.05, 0.1) is 36.8 Å². The van der Waals surface area contributed by atoms with Crippen LogP contribution in [0.2, 0.25) is 0 Å². The third-order valence-corrected chi connectivity index (χ3v) is 6.97. The second-order valence-corrected chi connectivity index (χ2v) is 8.97. The zero-order valence-corrected chi connectivity index (χ0v) is 17.9. The Kier molecular flexibility index (Phi) is 5.36. The van der Waals surface area contributed by atoms with E-state index in [1.165, 1.54) is 16.7 Å². The summed E-state index contributed by atoms with van der Waals surface area (Å²) in [5.74, 6) is 0.410. The average molecular weight is 416 g/mol. The molecule has 2 aliphatic heterocycles. The number of fused-ring (bicyclic) bond motifs is 3. The van der Waals surface area contributed by atoms with Gasteiger partial charge in [-0.05, 0) is 43.2 Å². The molecule has 1 N–H and O–H groups in total. The lowest BCUT2D eigenvalue weighted by Crippen LogP contribution is -2.42. The van der Waals surface area contributed by atoms with Gasteiger partial charge in [-0.25, -0.2) is 4.98 Å². The minimum atomic E-state index is -0.388. The van der Waals surface area contributed by atoms with E-state index in [0.29, 0.717) is 12.8 Å². The second kappa shape index (κ2) is 8.31. The first-order valence-electron chi connectivity index (χ1n) is 11.2. The van der Waals surface area contributed by atoms with Crippen LogP contribution in [0.25, 0.3) is 11.3 Å². The van der Waals surface area contributed by atoms with Crippen molar-refractivity contribution in [2.75, 3.05) is 13.1 Å². The normalized spacial score (nSPS) is 19.2. The predicted octanol–water partition coefficient (Wildman–Crippen LogP) is 3.99. The van der Waals surface area contributed by atoms with Gasteiger partial charge in [-0.3, -0.25) is 4.79 Å². The average Bonchev–Trinajstić information content (AvgIpc) is 3.38. The van der Waals surface area contributed by atoms with Crippen LogP contribution in [-0.4, -0.2) is 44.7 Å². The molecule has 0 radical (unpaired) electrons. The number of carbonyl (C=O) groups excluding carboxylic acids is 1. The smallest absolute Gasteiger partial charge is 0.226 e. The van der Waals surface area contributed by atoms with Crippen LogP contribution < -0.4 is 0 Å². The quantitative estimate of drug-likeness (QED) is 0.685. The van der Waals surface area contributed by atoms with Crippen LogP contribution in [0.15, 0.2) is 61.1 Å². The third-order valence-electron chi connectivity index (χ3n) is 6.97. The maximum absolute atomic E-state index is 12.7. The third kappa shape index (κ3) is 3.90. The van der Waals surface area contributed by atoms with Crippen LogP contribution in [0.5, 0.6) is 0 Å². The first-order valence-corrected chi connectivity index (χ1v) is 11.2. The highest BCUT2D eigenvalue weighted by Gasteiger charge is 2.33. The van der Waals surface area contributed by atoms with Gasteiger partial charge in [0.1, 0.15) is 0 Å². The van der Waals surface area contributed by atoms with Crippen molar-refractivity contribution < 1.29 is 9.90 Å². The number of nitrogens with zero attached hydrogens (tertiary/aromatic N) is 3. The second-order valence-electron chi connectivity index (χ2n) is 8.97. The van der Waals surface area contributed by atoms with Crippen LogP contribution in [0.3, 0.4) is 0 Å². The first-order chi connectivity index (χ1) is 15.1. The molecule has 3 aromatic rings. The summed E-state index contributed by atoms with van der Waals surface area (Å²) in [5, 5.41) is 11.1. The molecule has 2 aromatic carbocycles. The Labute approximate surface area is 183 Å². The molecule has 31 heavy (non-hydrogen) atoms. The number of rotatable bonds is 5. The number of carbonyl (C=O) groups is 1. The topological polar surface area (TPSA) is 58.4 Å². The van der Waals surface area contributed by atoms with Gasteiger partial charge in [0.15, 0.2) is 0 Å². The molecule has 1 fully saturated rings. The predicted molar refractivity (Wildman–Crippen MR) is 121 cm³/mol. The van der Waals surface area contributed by atoms with Gasteiger partial charge in [0, 0.05) is 18.7 Å². The molecule has 1 aromatic heterocycles. The highest BCUT2D eigenvalue weighted by Crippen LogP contribution is 2.42. The number of benzene rings is 2. The van der Waals surface area contributed by atoms with Gasteiger partial charge in [-0.1, -0.05) is 54.1 Å². The molecule has 2 unspecified atom stereocenters. The van der Waals surface area contributed by atoms with E-state index in [1.807, 2.05) is 29.6 Å². The first kappa shape index (κ1) is 20.0. The van der Waals surface area contributed by atoms with Crippen LogP contribution in [0, 0.1) is 12.8 Å². The van der Waals surface area contributed by atoms with E-state index >= 15 is 0 Å². The van der Waals surface area contributed by atoms with Crippen molar-refractivity contribution in [1.29, 1.82) is 0 Å². The fourth-order valence-electron chi connectivity index (χ4n) is 5.12. The van der Waals surface area contributed by atoms with Crippen molar-refractivity contribution >= 4 is 5.91 Å². The van der Waals surface area contributed by atoms with Crippen LogP contribution >= 0.6 is 0 Å². The maximum Gasteiger partial charge on any atom is 0.226 e. The molecule has 2 atom stereocenters. The largest absolute Gasteiger partial charge is 0.393 e. The number of aromatic nitrogens is 2. The fraction of sp³-hybridized carbons (Fsp3) is 0.385. The number of aliphatic hydroxyl groups is 1. The number of likely N-dealkylation sites (tertiary alicyclic amines) is 1. The van der Waals surface area contributed by atoms with E-state index in [9.17, 15) is 9.90 Å². The molecule has 0 aliphatic carbocycles. The summed E-state index contributed by atoms with van der Waals surface area (Å²) >= 11 is 0. The van der Waals surface area contributed by atoms with Gasteiger partial charge in [0.25, 0.3) is 0 Å². The zero-order valence-electron chi connectivity index (χ0n) is 17.9. The van der Waals surface area contributed by atoms with Crippen molar-refractivity contribution in [3.8, 4) is 11.3 Å². The van der Waals surface area contributed by atoms with Gasteiger partial charge in [0.2, 0.25) is 5.91 Å². The summed E-state index contributed by atoms with van der Waals surface area (Å²) in [6, 6.07) is 16.7. The molecule has 1 amide bonds. The van der Waals surface area contributed by atoms with Gasteiger partial charge >= 0.3 is 0 Å². The summed E-state index contributed by atoms with van der Waals surface area (Å²) in [6.45, 7) is 3.51. The lowest BCUT2D eigenvalue weighted by atomic mass is 9.86. The zero-order chi connectivity index (χ0) is 21.4. The van der Waals surface area contributed by atoms with Gasteiger partial charge < -0.3 is 14.6 Å². The number of hydrogen-bond donors (Lipinski definition) is 1. The Morgan fingerprint density at radius 1 is 1.13 bits per heavy atom. The van der Waals surface area contributed by atoms with Crippen LogP contribution in [0.1, 0.15) is 42.0 Å². The lowest BCUT2D eigenvalue weighted by molar-refractivity contribution is -0.132. The highest BCUT2D eigenvalue weighted by atomic mass is 16.3. The van der Waals surface area contributed by atoms with Crippen molar-refractivity contribution in [3.63, 3.8) is 0 Å². The summed E-state index contributed by atoms with van der Waals surface area (Å²) in [7, 11) is 0. The highest BCUT2D eigenvalue weighted by molar-refractivity contribution is 5.78. The molecule has 5 rings (SSSR count). The SMILES string of the molecule is Cc1ccc(CC(=O)N2CCC(C(O)CC3c4ccccc4-c4cncn43)CC2)cc1. The van der Waals surface area contributed by atoms with Crippen molar-refractivity contribution in [2.24, 2.45) is 5.92 Å². The summed E-state index contributed by atoms with van der Waals surface area (Å²) < 4.78 is 2.19. The number of piperidine rings is 1. The van der Waals surface area contributed by atoms with E-state index in [2.05, 4.69) is 52.9 Å². The Morgan fingerprint density at radius 3 is 2.65 bits per heavy atom. The minimum Gasteiger partial charge on any atom is -0.393 e. The molecule has 0 spiro atoms. The van der Waals surface area contributed by atoms with Crippen molar-refractivity contribution in [2.45, 2.75) is 44.8 Å². The maximum atomic E-state index is 12.7. The number of imidazole rings is 1. The monoisotopic (exact) mass is 415 g/mol. The minimum absolute atomic E-state index is 0.130. The number of aliphatic hydroxyl groups excluding tert-OH is 1. The standard InChI is InChI=1S/C26H29N3O2/c1-18-6-8-19(9-7-18)14-26(31)28-12-10-20(11-13-28)25(30)15-23-21-4-2-3-5-22(21)24-16-27-17-29(23)24/h2-9,16-17,20,23,25,30H,10-15H2,1H3. The molecular weight excluding hydrogens is 386 g/mol. The molecule has 0 saturated carbocycles. The van der Waals surface area contributed by atoms with Crippen LogP contribution in [0.4, 0.5) is 0 Å². The molecule has 3 heterocycles. The van der Waals surface area contributed by atoms with Crippen LogP contribution in [-0.2, 0) is 11.2 Å². The van der Waals surface area contributed by atoms with E-state index < -0.39 is 0 Å². The Balaban J connectivity index is 1.19. The number of aryl methyl sites for hydroxylation is 1. The lowest BCUT2D eigenvalue weighted by Gasteiger charge is -2.35. The summed E-state index contributed by atoms with van der Waals surface area (Å²) in [5.41, 5.74) is 5.88. The van der Waals surface area contributed by atoms with Gasteiger partial charge in [-0.15, -0.1) is 0 Å². The fourth-order valence-corrected chi connectivity index (χ4v) is 5.12. The number of amides is 1. The molecule has 1 saturated heterocycles. The van der Waals surface area contributed by atoms with Crippen molar-refractivity contribution in [1.82, 2.24) is 14.5 Å². The van der Waals surface area contributed by atoms with E-state index in [0.717, 1.165) is 37.2 Å².